The number of rotatable bonds is 2. The third kappa shape index (κ3) is 1.96. The molecule has 0 spiro atoms. The summed E-state index contributed by atoms with van der Waals surface area (Å²) in [6.45, 7) is 7.05. The molecule has 0 aromatic rings. The number of hydrogen-bond donors (Lipinski definition) is 0. The fourth-order valence-electron chi connectivity index (χ4n) is 1.24. The summed E-state index contributed by atoms with van der Waals surface area (Å²) in [5.41, 5.74) is 0. The molecule has 1 heterocycles. The predicted molar refractivity (Wildman–Crippen MR) is 40.0 cm³/mol. The van der Waals surface area contributed by atoms with Crippen LogP contribution >= 0.6 is 0 Å². The van der Waals surface area contributed by atoms with Crippen LogP contribution in [0.25, 0.3) is 0 Å². The Morgan fingerprint density at radius 3 is 2.60 bits per heavy atom. The third-order valence-electron chi connectivity index (χ3n) is 1.75. The van der Waals surface area contributed by atoms with Gasteiger partial charge in [-0.3, -0.25) is 0 Å². The molecule has 0 bridgehead atoms. The van der Waals surface area contributed by atoms with Crippen molar-refractivity contribution >= 4 is 0 Å². The minimum absolute atomic E-state index is 0.294. The highest BCUT2D eigenvalue weighted by molar-refractivity contribution is 4.72. The van der Waals surface area contributed by atoms with Gasteiger partial charge in [-0.2, -0.15) is 0 Å². The average Bonchev–Trinajstić information content (AvgIpc) is 2.15. The Bertz CT molecular complexity index is 101. The molecular weight excluding hydrogens is 128 g/mol. The van der Waals surface area contributed by atoms with E-state index in [1.165, 1.54) is 0 Å². The molecule has 60 valence electrons. The van der Waals surface area contributed by atoms with Crippen LogP contribution in [0, 0.1) is 0 Å². The molecule has 1 rings (SSSR count). The van der Waals surface area contributed by atoms with Gasteiger partial charge in [0.15, 0.2) is 0 Å². The first-order valence-electron chi connectivity index (χ1n) is 3.97. The molecule has 1 fully saturated rings. The Hall–Kier alpha value is -0.0800. The van der Waals surface area contributed by atoms with Crippen LogP contribution in [0.15, 0.2) is 0 Å². The number of ether oxygens (including phenoxy) is 2. The Balaban J connectivity index is 2.26. The molecule has 1 aliphatic rings. The molecule has 1 saturated heterocycles. The van der Waals surface area contributed by atoms with E-state index in [1.54, 1.807) is 0 Å². The zero-order valence-corrected chi connectivity index (χ0v) is 6.96. The van der Waals surface area contributed by atoms with Crippen LogP contribution in [0.5, 0.6) is 0 Å². The average molecular weight is 144 g/mol. The third-order valence-corrected chi connectivity index (χ3v) is 1.75. The van der Waals surface area contributed by atoms with Crippen molar-refractivity contribution < 1.29 is 9.47 Å². The fraction of sp³-hybridized carbons (Fsp3) is 1.00. The molecule has 0 amide bonds. The van der Waals surface area contributed by atoms with Crippen molar-refractivity contribution in [2.24, 2.45) is 0 Å². The van der Waals surface area contributed by atoms with Gasteiger partial charge in [-0.1, -0.05) is 0 Å². The second-order valence-electron chi connectivity index (χ2n) is 3.09. The molecule has 1 aliphatic heterocycles. The van der Waals surface area contributed by atoms with E-state index in [-0.39, 0.29) is 0 Å². The quantitative estimate of drug-likeness (QED) is 0.586. The van der Waals surface area contributed by atoms with Crippen LogP contribution in [0.2, 0.25) is 0 Å². The fourth-order valence-corrected chi connectivity index (χ4v) is 1.24. The highest BCUT2D eigenvalue weighted by atomic mass is 16.6. The van der Waals surface area contributed by atoms with Gasteiger partial charge in [0.2, 0.25) is 0 Å². The molecule has 2 unspecified atom stereocenters. The highest BCUT2D eigenvalue weighted by Gasteiger charge is 2.25. The maximum atomic E-state index is 5.60. The molecule has 2 atom stereocenters. The van der Waals surface area contributed by atoms with E-state index in [0.29, 0.717) is 18.3 Å². The molecule has 10 heavy (non-hydrogen) atoms. The molecule has 2 heteroatoms. The summed E-state index contributed by atoms with van der Waals surface area (Å²) in [5, 5.41) is 0. The SMILES string of the molecule is CC(C)OC1CCOC1C. The lowest BCUT2D eigenvalue weighted by atomic mass is 10.2. The van der Waals surface area contributed by atoms with Crippen molar-refractivity contribution in [2.75, 3.05) is 6.61 Å². The van der Waals surface area contributed by atoms with Crippen LogP contribution in [0.4, 0.5) is 0 Å². The van der Waals surface area contributed by atoms with E-state index in [4.69, 9.17) is 9.47 Å². The lowest BCUT2D eigenvalue weighted by Gasteiger charge is -2.17. The van der Waals surface area contributed by atoms with Crippen molar-refractivity contribution in [2.45, 2.75) is 45.5 Å². The highest BCUT2D eigenvalue weighted by Crippen LogP contribution is 2.17. The van der Waals surface area contributed by atoms with Gasteiger partial charge in [0.1, 0.15) is 0 Å². The van der Waals surface area contributed by atoms with Crippen LogP contribution in [0.3, 0.4) is 0 Å². The Kier molecular flexibility index (Phi) is 2.69. The van der Waals surface area contributed by atoms with Crippen LogP contribution in [-0.4, -0.2) is 24.9 Å². The van der Waals surface area contributed by atoms with Crippen molar-refractivity contribution in [3.8, 4) is 0 Å². The van der Waals surface area contributed by atoms with Gasteiger partial charge in [0.25, 0.3) is 0 Å². The second kappa shape index (κ2) is 3.35. The Morgan fingerprint density at radius 1 is 1.50 bits per heavy atom. The van der Waals surface area contributed by atoms with Gasteiger partial charge < -0.3 is 9.47 Å². The van der Waals surface area contributed by atoms with E-state index in [0.717, 1.165) is 13.0 Å². The maximum Gasteiger partial charge on any atom is 0.0859 e. The zero-order chi connectivity index (χ0) is 7.56. The van der Waals surface area contributed by atoms with Crippen molar-refractivity contribution in [3.63, 3.8) is 0 Å². The van der Waals surface area contributed by atoms with Gasteiger partial charge in [0, 0.05) is 6.61 Å². The van der Waals surface area contributed by atoms with Crippen molar-refractivity contribution in [1.29, 1.82) is 0 Å². The monoisotopic (exact) mass is 144 g/mol. The molecule has 0 saturated carbocycles. The van der Waals surface area contributed by atoms with Crippen LogP contribution in [0.1, 0.15) is 27.2 Å². The van der Waals surface area contributed by atoms with E-state index in [1.807, 2.05) is 0 Å². The van der Waals surface area contributed by atoms with E-state index < -0.39 is 0 Å². The predicted octanol–water partition coefficient (Wildman–Crippen LogP) is 1.59. The molecule has 0 N–H and O–H groups in total. The van der Waals surface area contributed by atoms with Crippen LogP contribution in [-0.2, 0) is 9.47 Å². The lowest BCUT2D eigenvalue weighted by molar-refractivity contribution is -0.0305. The van der Waals surface area contributed by atoms with Gasteiger partial charge >= 0.3 is 0 Å². The summed E-state index contributed by atoms with van der Waals surface area (Å²) in [5.74, 6) is 0. The van der Waals surface area contributed by atoms with Crippen molar-refractivity contribution in [1.82, 2.24) is 0 Å². The smallest absolute Gasteiger partial charge is 0.0859 e. The molecule has 0 radical (unpaired) electrons. The first-order valence-corrected chi connectivity index (χ1v) is 3.97. The minimum Gasteiger partial charge on any atom is -0.376 e. The lowest BCUT2D eigenvalue weighted by Crippen LogP contribution is -2.24. The van der Waals surface area contributed by atoms with Gasteiger partial charge in [-0.05, 0) is 27.2 Å². The van der Waals surface area contributed by atoms with Crippen molar-refractivity contribution in [3.05, 3.63) is 0 Å². The largest absolute Gasteiger partial charge is 0.376 e. The van der Waals surface area contributed by atoms with Gasteiger partial charge in [-0.25, -0.2) is 0 Å². The first-order chi connectivity index (χ1) is 4.70. The molecule has 0 aromatic heterocycles. The Labute approximate surface area is 62.5 Å². The zero-order valence-electron chi connectivity index (χ0n) is 6.96. The second-order valence-corrected chi connectivity index (χ2v) is 3.09. The summed E-state index contributed by atoms with van der Waals surface area (Å²) in [6, 6.07) is 0. The number of hydrogen-bond acceptors (Lipinski definition) is 2. The summed E-state index contributed by atoms with van der Waals surface area (Å²) in [7, 11) is 0. The van der Waals surface area contributed by atoms with Gasteiger partial charge in [0.05, 0.1) is 18.3 Å². The van der Waals surface area contributed by atoms with E-state index in [2.05, 4.69) is 20.8 Å². The first kappa shape index (κ1) is 8.02. The molecular formula is C8H16O2. The van der Waals surface area contributed by atoms with E-state index >= 15 is 0 Å². The summed E-state index contributed by atoms with van der Waals surface area (Å²) in [6.07, 6.45) is 2.01. The van der Waals surface area contributed by atoms with E-state index in [9.17, 15) is 0 Å². The standard InChI is InChI=1S/C8H16O2/c1-6(2)10-8-4-5-9-7(8)3/h6-8H,4-5H2,1-3H3. The minimum atomic E-state index is 0.294. The summed E-state index contributed by atoms with van der Waals surface area (Å²) < 4.78 is 10.9. The summed E-state index contributed by atoms with van der Waals surface area (Å²) in [4.78, 5) is 0. The van der Waals surface area contributed by atoms with Gasteiger partial charge in [-0.15, -0.1) is 0 Å². The topological polar surface area (TPSA) is 18.5 Å². The molecule has 0 aliphatic carbocycles. The molecule has 0 aromatic carbocycles. The maximum absolute atomic E-state index is 5.60. The molecule has 2 nitrogen and oxygen atoms in total. The normalized spacial score (nSPS) is 33.6. The van der Waals surface area contributed by atoms with Crippen LogP contribution < -0.4 is 0 Å². The summed E-state index contributed by atoms with van der Waals surface area (Å²) >= 11 is 0. The Morgan fingerprint density at radius 2 is 2.20 bits per heavy atom.